The number of nitrogens with one attached hydrogen (secondary N) is 1. The van der Waals surface area contributed by atoms with Crippen molar-refractivity contribution in [1.29, 1.82) is 5.26 Å². The van der Waals surface area contributed by atoms with Crippen LogP contribution in [-0.2, 0) is 4.79 Å². The van der Waals surface area contributed by atoms with E-state index in [9.17, 15) is 4.79 Å². The molecule has 0 saturated carbocycles. The Morgan fingerprint density at radius 1 is 1.54 bits per heavy atom. The third-order valence-electron chi connectivity index (χ3n) is 2.09. The molecule has 1 amide bonds. The van der Waals surface area contributed by atoms with E-state index in [1.165, 1.54) is 0 Å². The lowest BCUT2D eigenvalue weighted by Crippen LogP contribution is -2.44. The van der Waals surface area contributed by atoms with Gasteiger partial charge in [-0.05, 0) is 26.7 Å². The van der Waals surface area contributed by atoms with Crippen LogP contribution in [0.3, 0.4) is 0 Å². The largest absolute Gasteiger partial charge is 0.338 e. The van der Waals surface area contributed by atoms with Gasteiger partial charge in [-0.2, -0.15) is 5.26 Å². The summed E-state index contributed by atoms with van der Waals surface area (Å²) in [4.78, 5) is 11.5. The molecular formula is C10H14N2O. The third-order valence-corrected chi connectivity index (χ3v) is 2.09. The Morgan fingerprint density at radius 3 is 2.54 bits per heavy atom. The van der Waals surface area contributed by atoms with Gasteiger partial charge in [-0.3, -0.25) is 4.79 Å². The van der Waals surface area contributed by atoms with Gasteiger partial charge in [0.2, 0.25) is 5.91 Å². The second-order valence-electron chi connectivity index (χ2n) is 3.87. The highest BCUT2D eigenvalue weighted by atomic mass is 16.2. The van der Waals surface area contributed by atoms with Gasteiger partial charge in [0.15, 0.2) is 0 Å². The fourth-order valence-electron chi connectivity index (χ4n) is 1.27. The maximum absolute atomic E-state index is 11.5. The summed E-state index contributed by atoms with van der Waals surface area (Å²) in [6, 6.07) is 2.04. The molecule has 0 heterocycles. The number of allylic oxidation sites excluding steroid dienone is 2. The Bertz CT molecular complexity index is 265. The number of amides is 1. The molecule has 0 saturated heterocycles. The van der Waals surface area contributed by atoms with Crippen molar-refractivity contribution in [2.75, 3.05) is 0 Å². The molecule has 1 rings (SSSR count). The van der Waals surface area contributed by atoms with Crippen LogP contribution in [0.4, 0.5) is 0 Å². The van der Waals surface area contributed by atoms with Gasteiger partial charge in [0.1, 0.15) is 5.54 Å². The van der Waals surface area contributed by atoms with Crippen molar-refractivity contribution in [2.45, 2.75) is 32.2 Å². The fraction of sp³-hybridized carbons (Fsp3) is 0.600. The highest BCUT2D eigenvalue weighted by Crippen LogP contribution is 2.18. The lowest BCUT2D eigenvalue weighted by molar-refractivity contribution is -0.125. The van der Waals surface area contributed by atoms with Gasteiger partial charge in [-0.1, -0.05) is 12.2 Å². The Kier molecular flexibility index (Phi) is 2.72. The number of nitriles is 1. The van der Waals surface area contributed by atoms with Gasteiger partial charge < -0.3 is 5.32 Å². The number of nitrogens with zero attached hydrogens (tertiary/aromatic N) is 1. The molecule has 1 aliphatic carbocycles. The van der Waals surface area contributed by atoms with Crippen LogP contribution in [0.2, 0.25) is 0 Å². The van der Waals surface area contributed by atoms with Crippen molar-refractivity contribution >= 4 is 5.91 Å². The molecule has 0 atom stereocenters. The van der Waals surface area contributed by atoms with Crippen molar-refractivity contribution in [1.82, 2.24) is 5.32 Å². The maximum atomic E-state index is 11.5. The topological polar surface area (TPSA) is 52.9 Å². The van der Waals surface area contributed by atoms with Crippen molar-refractivity contribution in [3.63, 3.8) is 0 Å². The minimum Gasteiger partial charge on any atom is -0.338 e. The molecule has 1 aliphatic rings. The molecule has 0 aromatic carbocycles. The highest BCUT2D eigenvalue weighted by molar-refractivity contribution is 5.80. The van der Waals surface area contributed by atoms with Gasteiger partial charge in [0.25, 0.3) is 0 Å². The smallest absolute Gasteiger partial charge is 0.224 e. The van der Waals surface area contributed by atoms with Crippen LogP contribution in [0.25, 0.3) is 0 Å². The van der Waals surface area contributed by atoms with Crippen LogP contribution in [0, 0.1) is 17.2 Å². The molecule has 70 valence electrons. The van der Waals surface area contributed by atoms with E-state index in [1.54, 1.807) is 13.8 Å². The molecule has 0 bridgehead atoms. The van der Waals surface area contributed by atoms with Gasteiger partial charge >= 0.3 is 0 Å². The molecule has 0 spiro atoms. The van der Waals surface area contributed by atoms with Crippen molar-refractivity contribution in [3.05, 3.63) is 12.2 Å². The zero-order chi connectivity index (χ0) is 9.90. The van der Waals surface area contributed by atoms with E-state index < -0.39 is 5.54 Å². The molecular weight excluding hydrogens is 164 g/mol. The zero-order valence-corrected chi connectivity index (χ0v) is 8.00. The molecule has 3 heteroatoms. The lowest BCUT2D eigenvalue weighted by atomic mass is 10.0. The van der Waals surface area contributed by atoms with Crippen molar-refractivity contribution < 1.29 is 4.79 Å². The second-order valence-corrected chi connectivity index (χ2v) is 3.87. The van der Waals surface area contributed by atoms with Gasteiger partial charge in [0, 0.05) is 5.92 Å². The average molecular weight is 178 g/mol. The summed E-state index contributed by atoms with van der Waals surface area (Å²) in [6.07, 6.45) is 5.61. The van der Waals surface area contributed by atoms with Gasteiger partial charge in [-0.15, -0.1) is 0 Å². The van der Waals surface area contributed by atoms with E-state index in [4.69, 9.17) is 5.26 Å². The summed E-state index contributed by atoms with van der Waals surface area (Å²) in [7, 11) is 0. The molecule has 0 aromatic rings. The van der Waals surface area contributed by atoms with Gasteiger partial charge in [0.05, 0.1) is 6.07 Å². The Morgan fingerprint density at radius 2 is 2.08 bits per heavy atom. The molecule has 0 aromatic heterocycles. The van der Waals surface area contributed by atoms with Gasteiger partial charge in [-0.25, -0.2) is 0 Å². The normalized spacial score (nSPS) is 17.0. The van der Waals surface area contributed by atoms with Crippen LogP contribution < -0.4 is 5.32 Å². The molecule has 0 radical (unpaired) electrons. The van der Waals surface area contributed by atoms with Crippen LogP contribution in [0.5, 0.6) is 0 Å². The molecule has 1 N–H and O–H groups in total. The first-order chi connectivity index (χ1) is 6.05. The molecule has 0 fully saturated rings. The minimum absolute atomic E-state index is 0.0171. The van der Waals surface area contributed by atoms with Crippen LogP contribution >= 0.6 is 0 Å². The highest BCUT2D eigenvalue weighted by Gasteiger charge is 2.25. The van der Waals surface area contributed by atoms with E-state index in [1.807, 2.05) is 18.2 Å². The standard InChI is InChI=1S/C10H14N2O/c1-10(2,7-11)12-9(13)8-5-3-4-6-8/h3-4,8H,5-6H2,1-2H3,(H,12,13). The minimum atomic E-state index is -0.750. The average Bonchev–Trinajstić information content (AvgIpc) is 2.55. The lowest BCUT2D eigenvalue weighted by Gasteiger charge is -2.20. The molecule has 0 unspecified atom stereocenters. The third kappa shape index (κ3) is 2.59. The predicted molar refractivity (Wildman–Crippen MR) is 49.7 cm³/mol. The van der Waals surface area contributed by atoms with Crippen molar-refractivity contribution in [2.24, 2.45) is 5.92 Å². The Labute approximate surface area is 78.4 Å². The van der Waals surface area contributed by atoms with E-state index in [-0.39, 0.29) is 11.8 Å². The quantitative estimate of drug-likeness (QED) is 0.649. The first-order valence-corrected chi connectivity index (χ1v) is 4.43. The van der Waals surface area contributed by atoms with E-state index in [2.05, 4.69) is 5.32 Å². The summed E-state index contributed by atoms with van der Waals surface area (Å²) >= 11 is 0. The van der Waals surface area contributed by atoms with E-state index in [0.29, 0.717) is 0 Å². The first kappa shape index (κ1) is 9.79. The Balaban J connectivity index is 2.47. The molecule has 3 nitrogen and oxygen atoms in total. The molecule has 13 heavy (non-hydrogen) atoms. The maximum Gasteiger partial charge on any atom is 0.224 e. The second kappa shape index (κ2) is 3.61. The van der Waals surface area contributed by atoms with Crippen LogP contribution in [0.15, 0.2) is 12.2 Å². The van der Waals surface area contributed by atoms with Crippen molar-refractivity contribution in [3.8, 4) is 6.07 Å². The zero-order valence-electron chi connectivity index (χ0n) is 8.00. The fourth-order valence-corrected chi connectivity index (χ4v) is 1.27. The summed E-state index contributed by atoms with van der Waals surface area (Å²) < 4.78 is 0. The van der Waals surface area contributed by atoms with Crippen LogP contribution in [0.1, 0.15) is 26.7 Å². The number of hydrogen-bond acceptors (Lipinski definition) is 2. The SMILES string of the molecule is CC(C)(C#N)NC(=O)C1CC=CC1. The van der Waals surface area contributed by atoms with E-state index in [0.717, 1.165) is 12.8 Å². The first-order valence-electron chi connectivity index (χ1n) is 4.43. The number of hydrogen-bond donors (Lipinski definition) is 1. The summed E-state index contributed by atoms with van der Waals surface area (Å²) in [5.74, 6) is 0.0178. The Hall–Kier alpha value is -1.30. The number of carbonyl (C=O) groups is 1. The summed E-state index contributed by atoms with van der Waals surface area (Å²) in [5, 5.41) is 11.4. The number of carbonyl (C=O) groups excluding carboxylic acids is 1. The predicted octanol–water partition coefficient (Wildman–Crippen LogP) is 1.37. The number of rotatable bonds is 2. The molecule has 0 aliphatic heterocycles. The van der Waals surface area contributed by atoms with E-state index >= 15 is 0 Å². The van der Waals surface area contributed by atoms with Crippen LogP contribution in [-0.4, -0.2) is 11.4 Å². The monoisotopic (exact) mass is 178 g/mol. The summed E-state index contributed by atoms with van der Waals surface area (Å²) in [6.45, 7) is 3.40. The summed E-state index contributed by atoms with van der Waals surface area (Å²) in [5.41, 5.74) is -0.750.